The zero-order valence-electron chi connectivity index (χ0n) is 30.8. The van der Waals surface area contributed by atoms with Gasteiger partial charge in [0.1, 0.15) is 11.2 Å². The van der Waals surface area contributed by atoms with Crippen LogP contribution in [0.25, 0.3) is 87.6 Å². The average Bonchev–Trinajstić information content (AvgIpc) is 3.53. The molecule has 0 radical (unpaired) electrons. The molecular weight excluding hydrogens is 520 g/mol. The Labute approximate surface area is 260 Å². The van der Waals surface area contributed by atoms with Crippen molar-refractivity contribution in [3.63, 3.8) is 0 Å². The van der Waals surface area contributed by atoms with Crippen LogP contribution in [0.5, 0.6) is 0 Å². The van der Waals surface area contributed by atoms with Crippen molar-refractivity contribution in [3.05, 3.63) is 158 Å². The lowest BCUT2D eigenvalue weighted by Gasteiger charge is -2.17. The van der Waals surface area contributed by atoms with Crippen LogP contribution in [0.4, 0.5) is 0 Å². The monoisotopic (exact) mass is 554 g/mol. The predicted molar refractivity (Wildman–Crippen MR) is 183 cm³/mol. The zero-order valence-corrected chi connectivity index (χ0v) is 22.8. The molecule has 9 rings (SSSR count). The Morgan fingerprint density at radius 2 is 0.930 bits per heavy atom. The van der Waals surface area contributed by atoms with Gasteiger partial charge in [0.2, 0.25) is 0 Å². The van der Waals surface area contributed by atoms with Gasteiger partial charge in [0.25, 0.3) is 0 Å². The summed E-state index contributed by atoms with van der Waals surface area (Å²) in [6.07, 6.45) is 0. The molecule has 8 aromatic carbocycles. The van der Waals surface area contributed by atoms with Crippen LogP contribution < -0.4 is 0 Å². The van der Waals surface area contributed by atoms with Crippen LogP contribution in [0, 0.1) is 0 Å². The van der Waals surface area contributed by atoms with E-state index in [1.807, 2.05) is 60.7 Å². The molecular formula is C42H26O. The summed E-state index contributed by atoms with van der Waals surface area (Å²) in [5.74, 6) is 0. The summed E-state index contributed by atoms with van der Waals surface area (Å²) in [6.45, 7) is 0. The molecule has 1 heteroatoms. The van der Waals surface area contributed by atoms with E-state index in [2.05, 4.69) is 18.2 Å². The van der Waals surface area contributed by atoms with E-state index in [1.54, 1.807) is 30.3 Å². The second-order valence-corrected chi connectivity index (χ2v) is 10.6. The first-order valence-corrected chi connectivity index (χ1v) is 14.1. The van der Waals surface area contributed by atoms with Gasteiger partial charge in [-0.15, -0.1) is 0 Å². The maximum Gasteiger partial charge on any atom is 0.143 e. The number of benzene rings is 8. The number of furan rings is 1. The highest BCUT2D eigenvalue weighted by atomic mass is 16.3. The van der Waals surface area contributed by atoms with E-state index in [0.29, 0.717) is 33.4 Å². The van der Waals surface area contributed by atoms with Gasteiger partial charge in [-0.25, -0.2) is 0 Å². The summed E-state index contributed by atoms with van der Waals surface area (Å²) < 4.78 is 78.2. The lowest BCUT2D eigenvalue weighted by atomic mass is 9.85. The molecule has 1 aromatic heterocycles. The van der Waals surface area contributed by atoms with Gasteiger partial charge in [-0.1, -0.05) is 139 Å². The summed E-state index contributed by atoms with van der Waals surface area (Å²) in [7, 11) is 0. The summed E-state index contributed by atoms with van der Waals surface area (Å²) in [5.41, 5.74) is 5.00. The highest BCUT2D eigenvalue weighted by Crippen LogP contribution is 2.46. The molecule has 1 nitrogen and oxygen atoms in total. The fourth-order valence-corrected chi connectivity index (χ4v) is 6.43. The fourth-order valence-electron chi connectivity index (χ4n) is 6.43. The molecule has 1 heterocycles. The molecule has 0 bridgehead atoms. The quantitative estimate of drug-likeness (QED) is 0.198. The van der Waals surface area contributed by atoms with Crippen molar-refractivity contribution in [2.75, 3.05) is 0 Å². The largest absolute Gasteiger partial charge is 0.455 e. The van der Waals surface area contributed by atoms with Gasteiger partial charge in [-0.05, 0) is 78.3 Å². The molecule has 43 heavy (non-hydrogen) atoms. The lowest BCUT2D eigenvalue weighted by molar-refractivity contribution is 0.670. The molecule has 0 spiro atoms. The smallest absolute Gasteiger partial charge is 0.143 e. The van der Waals surface area contributed by atoms with Crippen LogP contribution in [0.15, 0.2) is 162 Å². The topological polar surface area (TPSA) is 13.1 Å². The van der Waals surface area contributed by atoms with Gasteiger partial charge >= 0.3 is 0 Å². The Morgan fingerprint density at radius 3 is 1.56 bits per heavy atom. The third-order valence-electron chi connectivity index (χ3n) is 8.27. The van der Waals surface area contributed by atoms with E-state index in [1.165, 1.54) is 0 Å². The van der Waals surface area contributed by atoms with E-state index >= 15 is 0 Å². The minimum atomic E-state index is -0.429. The average molecular weight is 555 g/mol. The minimum Gasteiger partial charge on any atom is -0.455 e. The summed E-state index contributed by atoms with van der Waals surface area (Å²) in [5, 5.41) is 4.41. The highest BCUT2D eigenvalue weighted by Gasteiger charge is 2.19. The molecule has 0 saturated carbocycles. The first-order chi connectivity index (χ1) is 24.7. The highest BCUT2D eigenvalue weighted by molar-refractivity contribution is 6.23. The Balaban J connectivity index is 1.50. The number of hydrogen-bond acceptors (Lipinski definition) is 1. The molecule has 0 fully saturated rings. The molecule has 0 aliphatic rings. The van der Waals surface area contributed by atoms with E-state index in [4.69, 9.17) is 12.6 Å². The second kappa shape index (κ2) is 9.44. The summed E-state index contributed by atoms with van der Waals surface area (Å²) in [4.78, 5) is 0. The third kappa shape index (κ3) is 3.65. The van der Waals surface area contributed by atoms with Crippen LogP contribution in [-0.4, -0.2) is 0 Å². The molecule has 0 N–H and O–H groups in total. The number of hydrogen-bond donors (Lipinski definition) is 0. The normalized spacial score (nSPS) is 14.3. The van der Waals surface area contributed by atoms with Gasteiger partial charge in [0, 0.05) is 16.3 Å². The van der Waals surface area contributed by atoms with Crippen LogP contribution in [0.1, 0.15) is 11.0 Å². The van der Waals surface area contributed by atoms with Gasteiger partial charge in [0.15, 0.2) is 0 Å². The van der Waals surface area contributed by atoms with Crippen molar-refractivity contribution < 1.29 is 15.4 Å². The maximum absolute atomic E-state index is 9.25. The molecule has 0 atom stereocenters. The SMILES string of the molecule is [2H]c1c([2H])c([2H])c2c(-c3ccc4oc5c(-c6ccccc6)c6ccccc6cc5c4c3)c3c([2H])c([2H])c([2H])c([2H])c3c(-c3ccccc3)c2c1[2H]. The van der Waals surface area contributed by atoms with Gasteiger partial charge in [-0.3, -0.25) is 0 Å². The third-order valence-corrected chi connectivity index (χ3v) is 8.27. The van der Waals surface area contributed by atoms with Crippen LogP contribution >= 0.6 is 0 Å². The van der Waals surface area contributed by atoms with Crippen LogP contribution in [-0.2, 0) is 0 Å². The van der Waals surface area contributed by atoms with Gasteiger partial charge in [-0.2, -0.15) is 0 Å². The zero-order chi connectivity index (χ0) is 35.3. The van der Waals surface area contributed by atoms with Crippen LogP contribution in [0.2, 0.25) is 0 Å². The molecule has 9 aromatic rings. The van der Waals surface area contributed by atoms with Gasteiger partial charge < -0.3 is 4.42 Å². The second-order valence-electron chi connectivity index (χ2n) is 10.6. The van der Waals surface area contributed by atoms with Gasteiger partial charge in [0.05, 0.1) is 11.0 Å². The van der Waals surface area contributed by atoms with Crippen molar-refractivity contribution in [1.29, 1.82) is 0 Å². The Morgan fingerprint density at radius 1 is 0.395 bits per heavy atom. The van der Waals surface area contributed by atoms with Crippen molar-refractivity contribution >= 4 is 54.3 Å². The van der Waals surface area contributed by atoms with Crippen molar-refractivity contribution in [3.8, 4) is 33.4 Å². The summed E-state index contributed by atoms with van der Waals surface area (Å²) in [6, 6.07) is 31.9. The first-order valence-electron chi connectivity index (χ1n) is 18.1. The lowest BCUT2D eigenvalue weighted by Crippen LogP contribution is -1.90. The number of rotatable bonds is 3. The predicted octanol–water partition coefficient (Wildman–Crippen LogP) is 12.0. The summed E-state index contributed by atoms with van der Waals surface area (Å²) >= 11 is 0. The van der Waals surface area contributed by atoms with Crippen LogP contribution in [0.3, 0.4) is 0 Å². The van der Waals surface area contributed by atoms with Crippen molar-refractivity contribution in [2.45, 2.75) is 0 Å². The standard InChI is InChI=1S/C42H26O/c1-3-13-27(14-4-1)39-32-19-9-11-21-34(32)40(35-22-12-10-20-33(35)39)30-23-24-38-36(26-30)37-25-29-17-7-8-18-31(29)41(42(37)43-38)28-15-5-2-6-16-28/h1-26H/i9D,10D,11D,12D,19D,20D,21D,22D. The molecule has 200 valence electrons. The van der Waals surface area contributed by atoms with Crippen molar-refractivity contribution in [2.24, 2.45) is 0 Å². The van der Waals surface area contributed by atoms with E-state index < -0.39 is 24.2 Å². The molecule has 0 aliphatic heterocycles. The minimum absolute atomic E-state index is 0.181. The van der Waals surface area contributed by atoms with E-state index in [9.17, 15) is 2.74 Å². The Bertz CT molecular complexity index is 2850. The van der Waals surface area contributed by atoms with E-state index in [-0.39, 0.29) is 45.7 Å². The Hall–Kier alpha value is -5.66. The number of fused-ring (bicyclic) bond motifs is 6. The molecule has 0 unspecified atom stereocenters. The fraction of sp³-hybridized carbons (Fsp3) is 0. The first kappa shape index (κ1) is 17.3. The van der Waals surface area contributed by atoms with E-state index in [0.717, 1.165) is 32.7 Å². The molecule has 0 aliphatic carbocycles. The molecule has 0 amide bonds. The Kier molecular flexibility index (Phi) is 3.80. The maximum atomic E-state index is 9.25. The molecule has 0 saturated heterocycles. The van der Waals surface area contributed by atoms with Crippen molar-refractivity contribution in [1.82, 2.24) is 0 Å².